The summed E-state index contributed by atoms with van der Waals surface area (Å²) in [6.07, 6.45) is 1.24. The minimum Gasteiger partial charge on any atom is -0.382 e. The summed E-state index contributed by atoms with van der Waals surface area (Å²) in [5.41, 5.74) is 6.12. The van der Waals surface area contributed by atoms with E-state index in [1.807, 2.05) is 0 Å². The summed E-state index contributed by atoms with van der Waals surface area (Å²) in [5.74, 6) is 0.203. The molecule has 0 saturated heterocycles. The first kappa shape index (κ1) is 8.08. The van der Waals surface area contributed by atoms with Crippen LogP contribution in [-0.4, -0.2) is 28.7 Å². The Kier molecular flexibility index (Phi) is 1.71. The second kappa shape index (κ2) is 2.75. The molecule has 13 heavy (non-hydrogen) atoms. The first-order chi connectivity index (χ1) is 6.18. The number of nitrogen functional groups attached to an aromatic ring is 1. The van der Waals surface area contributed by atoms with Gasteiger partial charge in [-0.25, -0.2) is 14.2 Å². The van der Waals surface area contributed by atoms with Crippen molar-refractivity contribution in [1.29, 1.82) is 0 Å². The molecule has 0 aliphatic rings. The average Bonchev–Trinajstić information content (AvgIpc) is 2.49. The van der Waals surface area contributed by atoms with Gasteiger partial charge in [-0.05, 0) is 0 Å². The highest BCUT2D eigenvalue weighted by Gasteiger charge is 2.10. The molecule has 8 heteroatoms. The molecule has 0 spiro atoms. The van der Waals surface area contributed by atoms with Gasteiger partial charge in [-0.2, -0.15) is 4.98 Å². The molecule has 2 aromatic rings. The molecular weight excluding hydrogens is 194 g/mol. The molecule has 1 atom stereocenters. The van der Waals surface area contributed by atoms with Crippen LogP contribution in [0.3, 0.4) is 0 Å². The first-order valence-corrected chi connectivity index (χ1v) is 4.36. The van der Waals surface area contributed by atoms with E-state index in [4.69, 9.17) is 10.3 Å². The summed E-state index contributed by atoms with van der Waals surface area (Å²) in [4.78, 5) is 13.7. The van der Waals surface area contributed by atoms with Gasteiger partial charge in [0.05, 0.1) is 0 Å². The highest BCUT2D eigenvalue weighted by Crippen LogP contribution is 2.14. The Hall–Kier alpha value is -1.54. The van der Waals surface area contributed by atoms with Crippen molar-refractivity contribution < 1.29 is 8.76 Å². The van der Waals surface area contributed by atoms with E-state index in [0.717, 1.165) is 0 Å². The van der Waals surface area contributed by atoms with Gasteiger partial charge >= 0.3 is 0 Å². The SMILES string of the molecule is Nc1ncnc2nc(S(=O)O)[nH]c12. The number of imidazole rings is 1. The number of hydrogen-bond donors (Lipinski definition) is 3. The van der Waals surface area contributed by atoms with Crippen molar-refractivity contribution in [3.8, 4) is 0 Å². The average molecular weight is 199 g/mol. The molecule has 0 fully saturated rings. The number of rotatable bonds is 1. The monoisotopic (exact) mass is 199 g/mol. The zero-order chi connectivity index (χ0) is 9.42. The third kappa shape index (κ3) is 1.25. The molecule has 7 nitrogen and oxygen atoms in total. The Balaban J connectivity index is 2.75. The minimum atomic E-state index is -2.16. The van der Waals surface area contributed by atoms with Gasteiger partial charge in [-0.1, -0.05) is 0 Å². The van der Waals surface area contributed by atoms with Gasteiger partial charge in [0.2, 0.25) is 16.2 Å². The molecule has 1 unspecified atom stereocenters. The molecule has 0 aliphatic heterocycles. The fraction of sp³-hybridized carbons (Fsp3) is 0. The maximum atomic E-state index is 10.6. The molecule has 0 aliphatic carbocycles. The summed E-state index contributed by atoms with van der Waals surface area (Å²) >= 11 is -2.16. The van der Waals surface area contributed by atoms with E-state index in [9.17, 15) is 4.21 Å². The number of H-pyrrole nitrogens is 1. The molecule has 0 saturated carbocycles. The van der Waals surface area contributed by atoms with Crippen molar-refractivity contribution in [2.45, 2.75) is 5.16 Å². The van der Waals surface area contributed by atoms with E-state index < -0.39 is 11.1 Å². The minimum absolute atomic E-state index is 0.0813. The number of aromatic amines is 1. The molecule has 0 aromatic carbocycles. The Morgan fingerprint density at radius 3 is 2.92 bits per heavy atom. The van der Waals surface area contributed by atoms with Gasteiger partial charge in [0.1, 0.15) is 11.8 Å². The number of nitrogens with two attached hydrogens (primary N) is 1. The third-order valence-electron chi connectivity index (χ3n) is 1.46. The largest absolute Gasteiger partial charge is 0.382 e. The van der Waals surface area contributed by atoms with Crippen LogP contribution in [-0.2, 0) is 11.1 Å². The van der Waals surface area contributed by atoms with Gasteiger partial charge in [-0.15, -0.1) is 0 Å². The zero-order valence-corrected chi connectivity index (χ0v) is 7.08. The maximum absolute atomic E-state index is 10.6. The summed E-state index contributed by atoms with van der Waals surface area (Å²) in [6, 6.07) is 0. The van der Waals surface area contributed by atoms with Gasteiger partial charge in [-0.3, -0.25) is 4.55 Å². The summed E-state index contributed by atoms with van der Waals surface area (Å²) in [7, 11) is 0. The quantitative estimate of drug-likeness (QED) is 0.533. The van der Waals surface area contributed by atoms with Gasteiger partial charge in [0.15, 0.2) is 11.5 Å². The standard InChI is InChI=1S/C5H5N5O2S/c6-3-2-4(8-1-7-3)10-5(9-2)13(11)12/h1H,(H,11,12)(H3,6,7,8,9,10). The van der Waals surface area contributed by atoms with Crippen LogP contribution < -0.4 is 5.73 Å². The van der Waals surface area contributed by atoms with Crippen LogP contribution in [0.15, 0.2) is 11.5 Å². The highest BCUT2D eigenvalue weighted by atomic mass is 32.2. The maximum Gasteiger partial charge on any atom is 0.227 e. The lowest BCUT2D eigenvalue weighted by Crippen LogP contribution is -1.92. The molecule has 2 aromatic heterocycles. The second-order valence-corrected chi connectivity index (χ2v) is 3.13. The van der Waals surface area contributed by atoms with E-state index in [2.05, 4.69) is 19.9 Å². The van der Waals surface area contributed by atoms with Crippen molar-refractivity contribution in [2.24, 2.45) is 0 Å². The van der Waals surface area contributed by atoms with E-state index >= 15 is 0 Å². The third-order valence-corrected chi connectivity index (χ3v) is 1.99. The summed E-state index contributed by atoms with van der Waals surface area (Å²) in [6.45, 7) is 0. The van der Waals surface area contributed by atoms with Gasteiger partial charge < -0.3 is 10.7 Å². The number of nitrogens with zero attached hydrogens (tertiary/aromatic N) is 3. The van der Waals surface area contributed by atoms with Crippen molar-refractivity contribution in [1.82, 2.24) is 19.9 Å². The van der Waals surface area contributed by atoms with E-state index in [1.165, 1.54) is 6.33 Å². The van der Waals surface area contributed by atoms with Crippen LogP contribution in [0.1, 0.15) is 0 Å². The van der Waals surface area contributed by atoms with Crippen LogP contribution in [0.4, 0.5) is 5.82 Å². The number of anilines is 1. The summed E-state index contributed by atoms with van der Waals surface area (Å²) in [5, 5.41) is -0.0813. The first-order valence-electron chi connectivity index (χ1n) is 3.25. The van der Waals surface area contributed by atoms with E-state index in [0.29, 0.717) is 5.52 Å². The Labute approximate surface area is 74.7 Å². The zero-order valence-electron chi connectivity index (χ0n) is 6.26. The van der Waals surface area contributed by atoms with Crippen molar-refractivity contribution in [3.05, 3.63) is 6.33 Å². The molecule has 68 valence electrons. The van der Waals surface area contributed by atoms with Crippen molar-refractivity contribution in [2.75, 3.05) is 5.73 Å². The number of nitrogens with one attached hydrogen (secondary N) is 1. The number of fused-ring (bicyclic) bond motifs is 1. The molecule has 2 heterocycles. The number of aromatic nitrogens is 4. The topological polar surface area (TPSA) is 118 Å². The summed E-state index contributed by atoms with van der Waals surface area (Å²) < 4.78 is 19.3. The molecule has 2 rings (SSSR count). The predicted molar refractivity (Wildman–Crippen MR) is 45.1 cm³/mol. The fourth-order valence-corrected chi connectivity index (χ4v) is 1.26. The van der Waals surface area contributed by atoms with Crippen LogP contribution in [0.25, 0.3) is 11.2 Å². The highest BCUT2D eigenvalue weighted by molar-refractivity contribution is 7.79. The van der Waals surface area contributed by atoms with Gasteiger partial charge in [0, 0.05) is 0 Å². The Morgan fingerprint density at radius 1 is 1.54 bits per heavy atom. The van der Waals surface area contributed by atoms with Crippen LogP contribution in [0.2, 0.25) is 0 Å². The molecular formula is C5H5N5O2S. The van der Waals surface area contributed by atoms with Crippen molar-refractivity contribution in [3.63, 3.8) is 0 Å². The second-order valence-electron chi connectivity index (χ2n) is 2.25. The molecule has 0 amide bonds. The normalized spacial score (nSPS) is 13.3. The van der Waals surface area contributed by atoms with Crippen LogP contribution >= 0.6 is 0 Å². The lowest BCUT2D eigenvalue weighted by atomic mass is 10.5. The fourth-order valence-electron chi connectivity index (χ4n) is 0.908. The Bertz CT molecular complexity index is 481. The van der Waals surface area contributed by atoms with Gasteiger partial charge in [0.25, 0.3) is 0 Å². The van der Waals surface area contributed by atoms with Crippen LogP contribution in [0.5, 0.6) is 0 Å². The lowest BCUT2D eigenvalue weighted by molar-refractivity contribution is 0.557. The molecule has 4 N–H and O–H groups in total. The molecule has 0 bridgehead atoms. The number of hydrogen-bond acceptors (Lipinski definition) is 5. The Morgan fingerprint density at radius 2 is 2.31 bits per heavy atom. The van der Waals surface area contributed by atoms with E-state index in [1.54, 1.807) is 0 Å². The van der Waals surface area contributed by atoms with Crippen molar-refractivity contribution >= 4 is 28.1 Å². The predicted octanol–water partition coefficient (Wildman–Crippen LogP) is -0.484. The lowest BCUT2D eigenvalue weighted by Gasteiger charge is -1.89. The smallest absolute Gasteiger partial charge is 0.227 e. The molecule has 0 radical (unpaired) electrons. The van der Waals surface area contributed by atoms with Crippen LogP contribution in [0, 0.1) is 0 Å². The van der Waals surface area contributed by atoms with E-state index in [-0.39, 0.29) is 16.6 Å².